The topological polar surface area (TPSA) is 69.6 Å². The summed E-state index contributed by atoms with van der Waals surface area (Å²) in [5, 5.41) is 13.7. The van der Waals surface area contributed by atoms with Gasteiger partial charge in [0.05, 0.1) is 17.9 Å². The summed E-state index contributed by atoms with van der Waals surface area (Å²) in [6, 6.07) is 4.16. The van der Waals surface area contributed by atoms with E-state index in [0.717, 1.165) is 0 Å². The van der Waals surface area contributed by atoms with Crippen LogP contribution < -0.4 is 5.32 Å². The van der Waals surface area contributed by atoms with Gasteiger partial charge in [-0.3, -0.25) is 9.59 Å². The molecule has 104 valence electrons. The Morgan fingerprint density at radius 2 is 2.26 bits per heavy atom. The van der Waals surface area contributed by atoms with Gasteiger partial charge in [0.2, 0.25) is 5.91 Å². The number of carboxylic acid groups (broad SMARTS) is 1. The zero-order chi connectivity index (χ0) is 14.0. The predicted molar refractivity (Wildman–Crippen MR) is 73.0 cm³/mol. The van der Waals surface area contributed by atoms with Crippen LogP contribution in [0.2, 0.25) is 0 Å². The molecule has 1 aromatic heterocycles. The van der Waals surface area contributed by atoms with E-state index in [1.54, 1.807) is 11.3 Å². The van der Waals surface area contributed by atoms with Crippen LogP contribution in [0.15, 0.2) is 17.5 Å². The number of nitrogens with one attached hydrogen (secondary N) is 1. The van der Waals surface area contributed by atoms with Crippen LogP contribution in [0.4, 0.5) is 0 Å². The predicted octanol–water partition coefficient (Wildman–Crippen LogP) is 1.19. The summed E-state index contributed by atoms with van der Waals surface area (Å²) in [7, 11) is 3.93. The van der Waals surface area contributed by atoms with Crippen molar-refractivity contribution < 1.29 is 14.7 Å². The van der Waals surface area contributed by atoms with E-state index in [1.807, 2.05) is 36.5 Å². The lowest BCUT2D eigenvalue weighted by Crippen LogP contribution is -2.35. The molecule has 1 aliphatic carbocycles. The zero-order valence-corrected chi connectivity index (χ0v) is 11.8. The Balaban J connectivity index is 1.87. The second-order valence-corrected chi connectivity index (χ2v) is 6.01. The van der Waals surface area contributed by atoms with Crippen LogP contribution in [0.1, 0.15) is 17.3 Å². The van der Waals surface area contributed by atoms with Crippen molar-refractivity contribution in [3.8, 4) is 0 Å². The van der Waals surface area contributed by atoms with Crippen molar-refractivity contribution >= 4 is 23.2 Å². The van der Waals surface area contributed by atoms with Gasteiger partial charge in [-0.05, 0) is 32.0 Å². The number of thiophene rings is 1. The van der Waals surface area contributed by atoms with Crippen LogP contribution >= 0.6 is 11.3 Å². The number of hydrogen-bond donors (Lipinski definition) is 2. The molecule has 5 nitrogen and oxygen atoms in total. The van der Waals surface area contributed by atoms with Crippen LogP contribution in [-0.2, 0) is 9.59 Å². The fourth-order valence-corrected chi connectivity index (χ4v) is 3.03. The maximum absolute atomic E-state index is 11.8. The lowest BCUT2D eigenvalue weighted by molar-refractivity contribution is -0.140. The van der Waals surface area contributed by atoms with E-state index in [9.17, 15) is 9.59 Å². The fourth-order valence-electron chi connectivity index (χ4n) is 2.10. The smallest absolute Gasteiger partial charge is 0.307 e. The molecule has 19 heavy (non-hydrogen) atoms. The molecule has 0 radical (unpaired) electrons. The number of nitrogens with zero attached hydrogens (tertiary/aromatic N) is 1. The highest BCUT2D eigenvalue weighted by molar-refractivity contribution is 7.10. The highest BCUT2D eigenvalue weighted by atomic mass is 32.1. The van der Waals surface area contributed by atoms with Gasteiger partial charge in [-0.2, -0.15) is 0 Å². The molecule has 1 saturated carbocycles. The number of rotatable bonds is 6. The minimum atomic E-state index is -0.873. The van der Waals surface area contributed by atoms with Gasteiger partial charge in [-0.15, -0.1) is 11.3 Å². The first-order valence-corrected chi connectivity index (χ1v) is 7.09. The van der Waals surface area contributed by atoms with Crippen molar-refractivity contribution in [2.45, 2.75) is 12.5 Å². The SMILES string of the molecule is CN(C)C(CNC(=O)[C@@H]1C[C@@H]1C(=O)O)c1cccs1. The normalized spacial score (nSPS) is 23.1. The monoisotopic (exact) mass is 282 g/mol. The summed E-state index contributed by atoms with van der Waals surface area (Å²) in [5.41, 5.74) is 0. The molecule has 2 N–H and O–H groups in total. The molecular weight excluding hydrogens is 264 g/mol. The lowest BCUT2D eigenvalue weighted by Gasteiger charge is -2.23. The molecule has 1 amide bonds. The third-order valence-corrected chi connectivity index (χ3v) is 4.38. The van der Waals surface area contributed by atoms with E-state index < -0.39 is 11.9 Å². The summed E-state index contributed by atoms with van der Waals surface area (Å²) >= 11 is 1.65. The van der Waals surface area contributed by atoms with Gasteiger partial charge in [0.1, 0.15) is 0 Å². The number of carbonyl (C=O) groups excluding carboxylic acids is 1. The highest BCUT2D eigenvalue weighted by Gasteiger charge is 2.48. The number of carbonyl (C=O) groups is 2. The van der Waals surface area contributed by atoms with Crippen LogP contribution in [0, 0.1) is 11.8 Å². The molecule has 0 spiro atoms. The molecule has 1 aliphatic rings. The van der Waals surface area contributed by atoms with Crippen LogP contribution in [0.5, 0.6) is 0 Å². The molecule has 1 unspecified atom stereocenters. The Bertz CT molecular complexity index is 458. The molecule has 6 heteroatoms. The molecule has 0 aliphatic heterocycles. The Morgan fingerprint density at radius 3 is 2.74 bits per heavy atom. The number of hydrogen-bond acceptors (Lipinski definition) is 4. The Morgan fingerprint density at radius 1 is 1.53 bits per heavy atom. The molecule has 1 fully saturated rings. The summed E-state index contributed by atoms with van der Waals surface area (Å²) in [4.78, 5) is 25.8. The van der Waals surface area contributed by atoms with Crippen molar-refractivity contribution in [2.24, 2.45) is 11.8 Å². The van der Waals surface area contributed by atoms with Crippen molar-refractivity contribution in [1.82, 2.24) is 10.2 Å². The molecule has 0 aromatic carbocycles. The zero-order valence-electron chi connectivity index (χ0n) is 11.0. The molecule has 2 rings (SSSR count). The average molecular weight is 282 g/mol. The van der Waals surface area contributed by atoms with E-state index in [2.05, 4.69) is 5.32 Å². The molecular formula is C13H18N2O3S. The summed E-state index contributed by atoms with van der Waals surface area (Å²) in [6.45, 7) is 0.509. The third kappa shape index (κ3) is 3.33. The van der Waals surface area contributed by atoms with Crippen LogP contribution in [0.3, 0.4) is 0 Å². The first kappa shape index (κ1) is 14.0. The first-order valence-electron chi connectivity index (χ1n) is 6.21. The summed E-state index contributed by atoms with van der Waals surface area (Å²) in [6.07, 6.45) is 0.465. The van der Waals surface area contributed by atoms with Crippen molar-refractivity contribution in [2.75, 3.05) is 20.6 Å². The Hall–Kier alpha value is -1.40. The first-order chi connectivity index (χ1) is 9.00. The second kappa shape index (κ2) is 5.71. The molecule has 0 bridgehead atoms. The summed E-state index contributed by atoms with van der Waals surface area (Å²) < 4.78 is 0. The van der Waals surface area contributed by atoms with E-state index >= 15 is 0 Å². The Labute approximate surface area is 116 Å². The van der Waals surface area contributed by atoms with Crippen molar-refractivity contribution in [3.63, 3.8) is 0 Å². The van der Waals surface area contributed by atoms with Gasteiger partial charge >= 0.3 is 5.97 Å². The van der Waals surface area contributed by atoms with E-state index in [-0.39, 0.29) is 17.9 Å². The summed E-state index contributed by atoms with van der Waals surface area (Å²) in [5.74, 6) is -1.85. The quantitative estimate of drug-likeness (QED) is 0.822. The fraction of sp³-hybridized carbons (Fsp3) is 0.538. The third-order valence-electron chi connectivity index (χ3n) is 3.41. The maximum Gasteiger partial charge on any atom is 0.307 e. The van der Waals surface area contributed by atoms with E-state index in [4.69, 9.17) is 5.11 Å². The van der Waals surface area contributed by atoms with Crippen LogP contribution in [-0.4, -0.2) is 42.5 Å². The second-order valence-electron chi connectivity index (χ2n) is 5.03. The van der Waals surface area contributed by atoms with Crippen molar-refractivity contribution in [1.29, 1.82) is 0 Å². The largest absolute Gasteiger partial charge is 0.481 e. The number of likely N-dealkylation sites (N-methyl/N-ethyl adjacent to an activating group) is 1. The van der Waals surface area contributed by atoms with Gasteiger partial charge in [-0.25, -0.2) is 0 Å². The molecule has 0 saturated heterocycles. The van der Waals surface area contributed by atoms with E-state index in [1.165, 1.54) is 4.88 Å². The van der Waals surface area contributed by atoms with Gasteiger partial charge in [0.15, 0.2) is 0 Å². The van der Waals surface area contributed by atoms with Gasteiger partial charge in [-0.1, -0.05) is 6.07 Å². The lowest BCUT2D eigenvalue weighted by atomic mass is 10.2. The van der Waals surface area contributed by atoms with Gasteiger partial charge in [0, 0.05) is 11.4 Å². The molecule has 3 atom stereocenters. The minimum Gasteiger partial charge on any atom is -0.481 e. The molecule has 1 aromatic rings. The molecule has 1 heterocycles. The van der Waals surface area contributed by atoms with Crippen LogP contribution in [0.25, 0.3) is 0 Å². The van der Waals surface area contributed by atoms with E-state index in [0.29, 0.717) is 13.0 Å². The van der Waals surface area contributed by atoms with Crippen molar-refractivity contribution in [3.05, 3.63) is 22.4 Å². The number of carboxylic acids is 1. The highest BCUT2D eigenvalue weighted by Crippen LogP contribution is 2.38. The number of amides is 1. The van der Waals surface area contributed by atoms with Gasteiger partial charge < -0.3 is 15.3 Å². The minimum absolute atomic E-state index is 0.131. The van der Waals surface area contributed by atoms with Gasteiger partial charge in [0.25, 0.3) is 0 Å². The maximum atomic E-state index is 11.8. The standard InChI is InChI=1S/C13H18N2O3S/c1-15(2)10(11-4-3-5-19-11)7-14-12(16)8-6-9(8)13(17)18/h3-5,8-10H,6-7H2,1-2H3,(H,14,16)(H,17,18)/t8-,9+,10?/m1/s1. The average Bonchev–Trinajstić information content (AvgIpc) is 2.99. The Kier molecular flexibility index (Phi) is 4.21. The number of aliphatic carboxylic acids is 1.